The second-order valence-electron chi connectivity index (χ2n) is 7.41. The molecule has 1 unspecified atom stereocenters. The van der Waals surface area contributed by atoms with Crippen LogP contribution in [0, 0.1) is 0 Å². The van der Waals surface area contributed by atoms with Crippen molar-refractivity contribution in [1.82, 2.24) is 14.8 Å². The van der Waals surface area contributed by atoms with E-state index in [2.05, 4.69) is 41.5 Å². The Morgan fingerprint density at radius 1 is 1.10 bits per heavy atom. The molecule has 1 atom stereocenters. The number of aromatic nitrogens is 3. The Balaban J connectivity index is 1.61. The molecule has 0 radical (unpaired) electrons. The number of benzene rings is 2. The van der Waals surface area contributed by atoms with Crippen LogP contribution in [0.15, 0.2) is 53.7 Å². The van der Waals surface area contributed by atoms with Gasteiger partial charge in [-0.25, -0.2) is 0 Å². The first-order chi connectivity index (χ1) is 14.9. The van der Waals surface area contributed by atoms with Gasteiger partial charge in [-0.1, -0.05) is 49.3 Å². The fourth-order valence-corrected chi connectivity index (χ4v) is 3.99. The number of rotatable bonds is 9. The molecule has 8 heteroatoms. The van der Waals surface area contributed by atoms with Gasteiger partial charge in [0.05, 0.1) is 5.75 Å². The molecule has 2 aromatic carbocycles. The lowest BCUT2D eigenvalue weighted by Crippen LogP contribution is -2.15. The molecular weight excluding hydrogens is 432 g/mol. The van der Waals surface area contributed by atoms with Crippen molar-refractivity contribution >= 4 is 35.0 Å². The third-order valence-corrected chi connectivity index (χ3v) is 5.96. The molecule has 1 aromatic heterocycles. The van der Waals surface area contributed by atoms with Gasteiger partial charge in [0, 0.05) is 17.3 Å². The summed E-state index contributed by atoms with van der Waals surface area (Å²) in [5.74, 6) is 2.11. The van der Waals surface area contributed by atoms with E-state index in [1.165, 1.54) is 17.3 Å². The van der Waals surface area contributed by atoms with Crippen LogP contribution in [-0.2, 0) is 11.3 Å². The number of carbonyl (C=O) groups is 1. The summed E-state index contributed by atoms with van der Waals surface area (Å²) < 4.78 is 8.06. The third-order valence-electron chi connectivity index (χ3n) is 4.75. The molecular formula is C23H27ClN4O2S. The van der Waals surface area contributed by atoms with Gasteiger partial charge in [-0.15, -0.1) is 10.2 Å². The van der Waals surface area contributed by atoms with E-state index in [-0.39, 0.29) is 17.8 Å². The van der Waals surface area contributed by atoms with E-state index < -0.39 is 0 Å². The van der Waals surface area contributed by atoms with Crippen molar-refractivity contribution in [2.45, 2.75) is 51.4 Å². The largest absolute Gasteiger partial charge is 0.483 e. The average Bonchev–Trinajstić information content (AvgIpc) is 3.17. The molecule has 0 aliphatic carbocycles. The number of carbonyl (C=O) groups excluding carboxylic acids is 1. The number of hydrogen-bond acceptors (Lipinski definition) is 5. The normalized spacial score (nSPS) is 12.1. The van der Waals surface area contributed by atoms with Crippen LogP contribution in [0.3, 0.4) is 0 Å². The lowest BCUT2D eigenvalue weighted by atomic mass is 10.0. The summed E-state index contributed by atoms with van der Waals surface area (Å²) in [5.41, 5.74) is 1.98. The van der Waals surface area contributed by atoms with Crippen LogP contribution in [0.5, 0.6) is 5.75 Å². The minimum absolute atomic E-state index is 0.117. The molecule has 0 saturated heterocycles. The molecule has 3 rings (SSSR count). The van der Waals surface area contributed by atoms with Crippen LogP contribution >= 0.6 is 23.4 Å². The predicted octanol–water partition coefficient (Wildman–Crippen LogP) is 5.95. The Kier molecular flexibility index (Phi) is 7.98. The average molecular weight is 459 g/mol. The van der Waals surface area contributed by atoms with E-state index in [4.69, 9.17) is 16.3 Å². The summed E-state index contributed by atoms with van der Waals surface area (Å²) in [5, 5.41) is 12.8. The first-order valence-electron chi connectivity index (χ1n) is 10.2. The molecule has 1 heterocycles. The summed E-state index contributed by atoms with van der Waals surface area (Å²) in [6.07, 6.45) is -0.269. The summed E-state index contributed by atoms with van der Waals surface area (Å²) >= 11 is 7.22. The molecule has 0 bridgehead atoms. The van der Waals surface area contributed by atoms with Crippen molar-refractivity contribution in [1.29, 1.82) is 0 Å². The molecule has 3 aromatic rings. The van der Waals surface area contributed by atoms with Crippen molar-refractivity contribution in [3.63, 3.8) is 0 Å². The van der Waals surface area contributed by atoms with E-state index in [1.54, 1.807) is 24.3 Å². The van der Waals surface area contributed by atoms with Gasteiger partial charge in [0.2, 0.25) is 5.91 Å². The maximum Gasteiger partial charge on any atom is 0.234 e. The van der Waals surface area contributed by atoms with Crippen LogP contribution in [0.25, 0.3) is 0 Å². The molecule has 0 spiro atoms. The lowest BCUT2D eigenvalue weighted by molar-refractivity contribution is -0.113. The smallest absolute Gasteiger partial charge is 0.234 e. The monoisotopic (exact) mass is 458 g/mol. The van der Waals surface area contributed by atoms with Crippen molar-refractivity contribution in [3.05, 3.63) is 64.9 Å². The summed E-state index contributed by atoms with van der Waals surface area (Å²) in [6, 6.07) is 15.1. The molecule has 0 fully saturated rings. The van der Waals surface area contributed by atoms with Crippen molar-refractivity contribution < 1.29 is 9.53 Å². The van der Waals surface area contributed by atoms with Crippen LogP contribution in [-0.4, -0.2) is 26.4 Å². The van der Waals surface area contributed by atoms with Crippen molar-refractivity contribution in [2.75, 3.05) is 11.1 Å². The quantitative estimate of drug-likeness (QED) is 0.401. The Morgan fingerprint density at radius 2 is 1.77 bits per heavy atom. The van der Waals surface area contributed by atoms with E-state index in [0.29, 0.717) is 28.3 Å². The predicted molar refractivity (Wildman–Crippen MR) is 126 cm³/mol. The van der Waals surface area contributed by atoms with Crippen LogP contribution < -0.4 is 10.1 Å². The van der Waals surface area contributed by atoms with Gasteiger partial charge in [0.25, 0.3) is 0 Å². The minimum atomic E-state index is -0.269. The topological polar surface area (TPSA) is 69.0 Å². The fourth-order valence-electron chi connectivity index (χ4n) is 3.05. The molecule has 0 aliphatic rings. The van der Waals surface area contributed by atoms with Crippen molar-refractivity contribution in [3.8, 4) is 5.75 Å². The fraction of sp³-hybridized carbons (Fsp3) is 0.348. The summed E-state index contributed by atoms with van der Waals surface area (Å²) in [6.45, 7) is 8.99. The highest BCUT2D eigenvalue weighted by molar-refractivity contribution is 7.99. The van der Waals surface area contributed by atoms with Crippen LogP contribution in [0.2, 0.25) is 5.02 Å². The Labute approximate surface area is 192 Å². The molecule has 0 aliphatic heterocycles. The first kappa shape index (κ1) is 23.2. The highest BCUT2D eigenvalue weighted by atomic mass is 35.5. The van der Waals surface area contributed by atoms with Crippen LogP contribution in [0.4, 0.5) is 5.69 Å². The zero-order chi connectivity index (χ0) is 22.4. The molecule has 1 amide bonds. The maximum absolute atomic E-state index is 12.3. The minimum Gasteiger partial charge on any atom is -0.483 e. The summed E-state index contributed by atoms with van der Waals surface area (Å²) in [7, 11) is 0. The highest BCUT2D eigenvalue weighted by Crippen LogP contribution is 2.26. The van der Waals surface area contributed by atoms with E-state index in [9.17, 15) is 4.79 Å². The van der Waals surface area contributed by atoms with Gasteiger partial charge in [-0.3, -0.25) is 4.79 Å². The van der Waals surface area contributed by atoms with E-state index in [1.807, 2.05) is 30.5 Å². The van der Waals surface area contributed by atoms with Crippen LogP contribution in [0.1, 0.15) is 51.1 Å². The lowest BCUT2D eigenvalue weighted by Gasteiger charge is -2.16. The SMILES string of the molecule is CCn1c(SCC(=O)Nc2ccc(Cl)cc2)nnc1C(C)Oc1ccc(C(C)C)cc1. The van der Waals surface area contributed by atoms with Gasteiger partial charge in [-0.05, 0) is 61.7 Å². The molecule has 31 heavy (non-hydrogen) atoms. The second-order valence-corrected chi connectivity index (χ2v) is 8.79. The number of halogens is 1. The van der Waals surface area contributed by atoms with Gasteiger partial charge in [0.15, 0.2) is 17.1 Å². The number of hydrogen-bond donors (Lipinski definition) is 1. The number of anilines is 1. The van der Waals surface area contributed by atoms with Gasteiger partial charge in [0.1, 0.15) is 5.75 Å². The molecule has 164 valence electrons. The number of nitrogens with one attached hydrogen (secondary N) is 1. The standard InChI is InChI=1S/C23H27ClN4O2S/c1-5-28-22(16(4)30-20-12-6-17(7-13-20)15(2)3)26-27-23(28)31-14-21(29)25-19-10-8-18(24)9-11-19/h6-13,15-16H,5,14H2,1-4H3,(H,25,29). The number of thioether (sulfide) groups is 1. The molecule has 0 saturated carbocycles. The number of amides is 1. The number of ether oxygens (including phenoxy) is 1. The van der Waals surface area contributed by atoms with E-state index >= 15 is 0 Å². The molecule has 1 N–H and O–H groups in total. The van der Waals surface area contributed by atoms with Gasteiger partial charge >= 0.3 is 0 Å². The summed E-state index contributed by atoms with van der Waals surface area (Å²) in [4.78, 5) is 12.3. The van der Waals surface area contributed by atoms with Gasteiger partial charge in [-0.2, -0.15) is 0 Å². The zero-order valence-electron chi connectivity index (χ0n) is 18.1. The Bertz CT molecular complexity index is 1000. The first-order valence-corrected chi connectivity index (χ1v) is 11.6. The third kappa shape index (κ3) is 6.24. The Morgan fingerprint density at radius 3 is 2.39 bits per heavy atom. The van der Waals surface area contributed by atoms with Gasteiger partial charge < -0.3 is 14.6 Å². The van der Waals surface area contributed by atoms with Crippen molar-refractivity contribution in [2.24, 2.45) is 0 Å². The highest BCUT2D eigenvalue weighted by Gasteiger charge is 2.19. The number of nitrogens with zero attached hydrogens (tertiary/aromatic N) is 3. The second kappa shape index (κ2) is 10.7. The maximum atomic E-state index is 12.3. The van der Waals surface area contributed by atoms with E-state index in [0.717, 1.165) is 11.6 Å². The Hall–Kier alpha value is -2.51. The molecule has 6 nitrogen and oxygen atoms in total. The zero-order valence-corrected chi connectivity index (χ0v) is 19.7.